The summed E-state index contributed by atoms with van der Waals surface area (Å²) in [5.41, 5.74) is 3.01. The third-order valence-corrected chi connectivity index (χ3v) is 6.82. The van der Waals surface area contributed by atoms with Crippen LogP contribution in [0.1, 0.15) is 17.8 Å². The third kappa shape index (κ3) is 4.44. The number of hydrogen-bond acceptors (Lipinski definition) is 4. The second kappa shape index (κ2) is 8.14. The van der Waals surface area contributed by atoms with Crippen LogP contribution in [0.4, 0.5) is 5.69 Å². The highest BCUT2D eigenvalue weighted by Crippen LogP contribution is 2.23. The van der Waals surface area contributed by atoms with Crippen molar-refractivity contribution >= 4 is 44.3 Å². The summed E-state index contributed by atoms with van der Waals surface area (Å²) in [5.74, 6) is 0.565. The van der Waals surface area contributed by atoms with Gasteiger partial charge in [0, 0.05) is 44.7 Å². The first-order chi connectivity index (χ1) is 13.6. The molecular formula is C20H23ClN4O3S. The Kier molecular flexibility index (Phi) is 5.97. The normalized spacial score (nSPS) is 11.9. The molecule has 0 saturated heterocycles. The fourth-order valence-corrected chi connectivity index (χ4v) is 4.09. The van der Waals surface area contributed by atoms with Gasteiger partial charge in [-0.25, -0.2) is 17.7 Å². The van der Waals surface area contributed by atoms with Crippen LogP contribution in [0.3, 0.4) is 0 Å². The smallest absolute Gasteiger partial charge is 0.242 e. The lowest BCUT2D eigenvalue weighted by Crippen LogP contribution is -2.22. The summed E-state index contributed by atoms with van der Waals surface area (Å²) >= 11 is 5.99. The van der Waals surface area contributed by atoms with Gasteiger partial charge in [0.25, 0.3) is 0 Å². The van der Waals surface area contributed by atoms with Crippen LogP contribution in [0.25, 0.3) is 11.0 Å². The number of fused-ring (bicyclic) bond motifs is 1. The number of aromatic nitrogens is 2. The van der Waals surface area contributed by atoms with E-state index in [1.54, 1.807) is 30.3 Å². The van der Waals surface area contributed by atoms with Crippen molar-refractivity contribution in [3.63, 3.8) is 0 Å². The van der Waals surface area contributed by atoms with Gasteiger partial charge >= 0.3 is 0 Å². The molecule has 29 heavy (non-hydrogen) atoms. The van der Waals surface area contributed by atoms with E-state index in [0.29, 0.717) is 28.5 Å². The second-order valence-electron chi connectivity index (χ2n) is 7.03. The molecule has 1 heterocycles. The van der Waals surface area contributed by atoms with Crippen molar-refractivity contribution in [2.75, 3.05) is 19.4 Å². The molecule has 0 aliphatic rings. The Labute approximate surface area is 175 Å². The van der Waals surface area contributed by atoms with E-state index in [4.69, 9.17) is 11.6 Å². The molecule has 9 heteroatoms. The molecule has 0 aliphatic carbocycles. The summed E-state index contributed by atoms with van der Waals surface area (Å²) in [6.45, 7) is 1.90. The van der Waals surface area contributed by atoms with Gasteiger partial charge in [0.05, 0.1) is 15.9 Å². The van der Waals surface area contributed by atoms with E-state index in [9.17, 15) is 13.2 Å². The van der Waals surface area contributed by atoms with Crippen LogP contribution in [0.2, 0.25) is 5.02 Å². The van der Waals surface area contributed by atoms with Gasteiger partial charge in [0.2, 0.25) is 15.9 Å². The largest absolute Gasteiger partial charge is 0.331 e. The lowest BCUT2D eigenvalue weighted by Gasteiger charge is -2.11. The van der Waals surface area contributed by atoms with E-state index in [2.05, 4.69) is 10.3 Å². The first-order valence-corrected chi connectivity index (χ1v) is 10.9. The Morgan fingerprint density at radius 1 is 1.21 bits per heavy atom. The molecule has 7 nitrogen and oxygen atoms in total. The average molecular weight is 435 g/mol. The molecule has 0 unspecified atom stereocenters. The first-order valence-electron chi connectivity index (χ1n) is 9.03. The number of amides is 1. The minimum Gasteiger partial charge on any atom is -0.331 e. The summed E-state index contributed by atoms with van der Waals surface area (Å²) in [6.07, 6.45) is 0.665. The van der Waals surface area contributed by atoms with Crippen LogP contribution in [0.5, 0.6) is 0 Å². The van der Waals surface area contributed by atoms with Gasteiger partial charge < -0.3 is 9.88 Å². The quantitative estimate of drug-likeness (QED) is 0.644. The Morgan fingerprint density at radius 2 is 1.93 bits per heavy atom. The second-order valence-corrected chi connectivity index (χ2v) is 9.62. The molecule has 0 spiro atoms. The molecule has 1 amide bonds. The molecule has 0 radical (unpaired) electrons. The van der Waals surface area contributed by atoms with Crippen LogP contribution in [0.15, 0.2) is 41.3 Å². The van der Waals surface area contributed by atoms with Gasteiger partial charge in [-0.05, 0) is 42.8 Å². The topological polar surface area (TPSA) is 84.3 Å². The van der Waals surface area contributed by atoms with Crippen molar-refractivity contribution in [3.05, 3.63) is 52.8 Å². The summed E-state index contributed by atoms with van der Waals surface area (Å²) in [6, 6.07) is 10.2. The SMILES string of the molecule is Cc1ccc(Cl)cc1NC(=O)CCc1nc2cc(S(=O)(=O)N(C)C)ccc2n1C. The van der Waals surface area contributed by atoms with Crippen molar-refractivity contribution in [3.8, 4) is 0 Å². The van der Waals surface area contributed by atoms with Crippen LogP contribution >= 0.6 is 11.6 Å². The zero-order valence-corrected chi connectivity index (χ0v) is 18.3. The number of anilines is 1. The molecule has 0 fully saturated rings. The van der Waals surface area contributed by atoms with Gasteiger partial charge in [0.15, 0.2) is 0 Å². The number of imidazole rings is 1. The van der Waals surface area contributed by atoms with Crippen LogP contribution in [-0.4, -0.2) is 42.3 Å². The number of carbonyl (C=O) groups excluding carboxylic acids is 1. The molecule has 0 atom stereocenters. The summed E-state index contributed by atoms with van der Waals surface area (Å²) in [4.78, 5) is 17.1. The van der Waals surface area contributed by atoms with Gasteiger partial charge in [-0.1, -0.05) is 17.7 Å². The van der Waals surface area contributed by atoms with Crippen LogP contribution in [0, 0.1) is 6.92 Å². The number of aryl methyl sites for hydroxylation is 3. The highest BCUT2D eigenvalue weighted by Gasteiger charge is 2.19. The molecule has 3 aromatic rings. The standard InChI is InChI=1S/C20H23ClN4O3S/c1-13-5-6-14(21)11-16(13)23-20(26)10-9-19-22-17-12-15(29(27,28)24(2)3)7-8-18(17)25(19)4/h5-8,11-12H,9-10H2,1-4H3,(H,23,26). The van der Waals surface area contributed by atoms with Gasteiger partial charge in [-0.2, -0.15) is 0 Å². The Balaban J connectivity index is 1.77. The number of rotatable bonds is 6. The molecule has 0 bridgehead atoms. The average Bonchev–Trinajstić information content (AvgIpc) is 2.98. The Bertz CT molecular complexity index is 1190. The molecular weight excluding hydrogens is 412 g/mol. The summed E-state index contributed by atoms with van der Waals surface area (Å²) in [5, 5.41) is 3.43. The van der Waals surface area contributed by atoms with Crippen molar-refractivity contribution in [1.29, 1.82) is 0 Å². The maximum absolute atomic E-state index is 12.4. The number of nitrogens with one attached hydrogen (secondary N) is 1. The number of halogens is 1. The zero-order valence-electron chi connectivity index (χ0n) is 16.7. The van der Waals surface area contributed by atoms with Crippen molar-refractivity contribution in [2.45, 2.75) is 24.7 Å². The van der Waals surface area contributed by atoms with E-state index < -0.39 is 10.0 Å². The van der Waals surface area contributed by atoms with E-state index in [1.165, 1.54) is 18.4 Å². The van der Waals surface area contributed by atoms with E-state index >= 15 is 0 Å². The Morgan fingerprint density at radius 3 is 2.62 bits per heavy atom. The fourth-order valence-electron chi connectivity index (χ4n) is 2.99. The molecule has 1 N–H and O–H groups in total. The minimum atomic E-state index is -3.53. The highest BCUT2D eigenvalue weighted by molar-refractivity contribution is 7.89. The van der Waals surface area contributed by atoms with Crippen LogP contribution in [-0.2, 0) is 28.3 Å². The number of hydrogen-bond donors (Lipinski definition) is 1. The zero-order chi connectivity index (χ0) is 21.3. The highest BCUT2D eigenvalue weighted by atomic mass is 35.5. The molecule has 2 aromatic carbocycles. The molecule has 0 saturated carbocycles. The predicted octanol–water partition coefficient (Wildman–Crippen LogP) is 3.36. The maximum Gasteiger partial charge on any atom is 0.242 e. The number of carbonyl (C=O) groups is 1. The lowest BCUT2D eigenvalue weighted by molar-refractivity contribution is -0.116. The van der Waals surface area contributed by atoms with Gasteiger partial charge in [0.1, 0.15) is 5.82 Å². The number of sulfonamides is 1. The summed E-state index contributed by atoms with van der Waals surface area (Å²) in [7, 11) is 1.30. The fraction of sp³-hybridized carbons (Fsp3) is 0.300. The summed E-state index contributed by atoms with van der Waals surface area (Å²) < 4.78 is 27.7. The molecule has 0 aliphatic heterocycles. The van der Waals surface area contributed by atoms with Crippen LogP contribution < -0.4 is 5.32 Å². The molecule has 3 rings (SSSR count). The maximum atomic E-state index is 12.4. The van der Waals surface area contributed by atoms with Crippen molar-refractivity contribution < 1.29 is 13.2 Å². The monoisotopic (exact) mass is 434 g/mol. The van der Waals surface area contributed by atoms with Crippen molar-refractivity contribution in [1.82, 2.24) is 13.9 Å². The number of benzene rings is 2. The third-order valence-electron chi connectivity index (χ3n) is 4.77. The number of nitrogens with zero attached hydrogens (tertiary/aromatic N) is 3. The minimum absolute atomic E-state index is 0.140. The van der Waals surface area contributed by atoms with Crippen molar-refractivity contribution in [2.24, 2.45) is 7.05 Å². The van der Waals surface area contributed by atoms with Gasteiger partial charge in [-0.15, -0.1) is 0 Å². The van der Waals surface area contributed by atoms with E-state index in [1.807, 2.05) is 24.6 Å². The molecule has 1 aromatic heterocycles. The lowest BCUT2D eigenvalue weighted by atomic mass is 10.2. The van der Waals surface area contributed by atoms with Gasteiger partial charge in [-0.3, -0.25) is 4.79 Å². The Hall–Kier alpha value is -2.42. The van der Waals surface area contributed by atoms with E-state index in [-0.39, 0.29) is 17.2 Å². The first kappa shape index (κ1) is 21.3. The molecule has 154 valence electrons. The van der Waals surface area contributed by atoms with E-state index in [0.717, 1.165) is 11.1 Å². The predicted molar refractivity (Wildman–Crippen MR) is 115 cm³/mol.